The maximum absolute atomic E-state index is 12.0. The van der Waals surface area contributed by atoms with E-state index in [2.05, 4.69) is 10.6 Å². The zero-order valence-corrected chi connectivity index (χ0v) is 13.5. The van der Waals surface area contributed by atoms with Crippen LogP contribution in [0.5, 0.6) is 0 Å². The molecule has 0 aliphatic rings. The number of likely N-dealkylation sites (N-methyl/N-ethyl adjacent to an activating group) is 1. The van der Waals surface area contributed by atoms with E-state index in [0.717, 1.165) is 16.9 Å². The summed E-state index contributed by atoms with van der Waals surface area (Å²) in [5.74, 6) is -0.178. The van der Waals surface area contributed by atoms with E-state index in [-0.39, 0.29) is 24.9 Å². The monoisotopic (exact) mass is 312 g/mol. The van der Waals surface area contributed by atoms with Crippen molar-refractivity contribution >= 4 is 29.1 Å². The Kier molecular flexibility index (Phi) is 7.19. The number of hydrogen-bond donors (Lipinski definition) is 3. The molecule has 0 saturated carbocycles. The Morgan fingerprint density at radius 2 is 1.90 bits per heavy atom. The molecule has 2 amide bonds. The molecule has 0 saturated heterocycles. The van der Waals surface area contributed by atoms with Gasteiger partial charge >= 0.3 is 0 Å². The molecule has 0 fully saturated rings. The van der Waals surface area contributed by atoms with Gasteiger partial charge in [0, 0.05) is 17.3 Å². The van der Waals surface area contributed by atoms with E-state index in [1.54, 1.807) is 12.1 Å². The number of benzene rings is 1. The second-order valence-corrected chi connectivity index (χ2v) is 5.60. The van der Waals surface area contributed by atoms with Crippen molar-refractivity contribution in [3.05, 3.63) is 28.8 Å². The molecule has 1 atom stereocenters. The summed E-state index contributed by atoms with van der Waals surface area (Å²) in [6, 6.07) is 5.35. The van der Waals surface area contributed by atoms with E-state index in [1.807, 2.05) is 27.0 Å². The van der Waals surface area contributed by atoms with E-state index in [1.165, 1.54) is 0 Å². The average molecular weight is 313 g/mol. The van der Waals surface area contributed by atoms with Gasteiger partial charge in [0.25, 0.3) is 11.8 Å². The highest BCUT2D eigenvalue weighted by molar-refractivity contribution is 6.31. The zero-order chi connectivity index (χ0) is 15.8. The SMILES string of the molecule is CCCNC(=O)C[NH+](C)CC(=O)Nc1cc(Cl)ccc1C. The minimum absolute atomic E-state index is 0.0407. The van der Waals surface area contributed by atoms with Crippen molar-refractivity contribution in [2.45, 2.75) is 20.3 Å². The van der Waals surface area contributed by atoms with Crippen LogP contribution in [0.3, 0.4) is 0 Å². The standard InChI is InChI=1S/C15H22ClN3O2/c1-4-7-17-14(20)9-19(3)10-15(21)18-13-8-12(16)6-5-11(13)2/h5-6,8H,4,7,9-10H2,1-3H3,(H,17,20)(H,18,21)/p+1. The van der Waals surface area contributed by atoms with Crippen molar-refractivity contribution in [2.24, 2.45) is 0 Å². The van der Waals surface area contributed by atoms with Gasteiger partial charge in [0.1, 0.15) is 0 Å². The number of hydrogen-bond acceptors (Lipinski definition) is 2. The Bertz CT molecular complexity index is 506. The lowest BCUT2D eigenvalue weighted by Crippen LogP contribution is -3.11. The molecule has 1 aromatic rings. The fourth-order valence-electron chi connectivity index (χ4n) is 1.86. The smallest absolute Gasteiger partial charge is 0.279 e. The highest BCUT2D eigenvalue weighted by Gasteiger charge is 2.14. The molecule has 21 heavy (non-hydrogen) atoms. The Morgan fingerprint density at radius 1 is 1.24 bits per heavy atom. The van der Waals surface area contributed by atoms with Crippen molar-refractivity contribution in [3.63, 3.8) is 0 Å². The summed E-state index contributed by atoms with van der Waals surface area (Å²) >= 11 is 5.91. The number of anilines is 1. The molecular weight excluding hydrogens is 290 g/mol. The maximum atomic E-state index is 12.0. The molecule has 3 N–H and O–H groups in total. The van der Waals surface area contributed by atoms with Gasteiger partial charge in [-0.2, -0.15) is 0 Å². The number of quaternary nitrogens is 1. The van der Waals surface area contributed by atoms with Gasteiger partial charge < -0.3 is 15.5 Å². The summed E-state index contributed by atoms with van der Waals surface area (Å²) in [6.07, 6.45) is 0.902. The predicted molar refractivity (Wildman–Crippen MR) is 84.7 cm³/mol. The number of aryl methyl sites for hydroxylation is 1. The molecule has 0 aliphatic heterocycles. The van der Waals surface area contributed by atoms with Crippen LogP contribution >= 0.6 is 11.6 Å². The molecule has 0 spiro atoms. The molecule has 0 radical (unpaired) electrons. The Morgan fingerprint density at radius 3 is 2.57 bits per heavy atom. The molecule has 0 bridgehead atoms. The van der Waals surface area contributed by atoms with Gasteiger partial charge in [0.2, 0.25) is 0 Å². The molecule has 1 aromatic carbocycles. The molecule has 6 heteroatoms. The Balaban J connectivity index is 2.46. The van der Waals surface area contributed by atoms with Crippen molar-refractivity contribution in [1.82, 2.24) is 5.32 Å². The minimum atomic E-state index is -0.138. The minimum Gasteiger partial charge on any atom is -0.351 e. The fraction of sp³-hybridized carbons (Fsp3) is 0.467. The van der Waals surface area contributed by atoms with Gasteiger partial charge in [-0.15, -0.1) is 0 Å². The second-order valence-electron chi connectivity index (χ2n) is 5.17. The largest absolute Gasteiger partial charge is 0.351 e. The van der Waals surface area contributed by atoms with E-state index >= 15 is 0 Å². The summed E-state index contributed by atoms with van der Waals surface area (Å²) < 4.78 is 0. The third-order valence-corrected chi connectivity index (χ3v) is 3.21. The lowest BCUT2D eigenvalue weighted by Gasteiger charge is -2.14. The van der Waals surface area contributed by atoms with Gasteiger partial charge in [0.15, 0.2) is 13.1 Å². The predicted octanol–water partition coefficient (Wildman–Crippen LogP) is 0.628. The molecule has 0 aliphatic carbocycles. The fourth-order valence-corrected chi connectivity index (χ4v) is 2.03. The molecule has 0 heterocycles. The molecule has 0 aromatic heterocycles. The summed E-state index contributed by atoms with van der Waals surface area (Å²) in [4.78, 5) is 24.4. The Hall–Kier alpha value is -1.59. The molecule has 116 valence electrons. The molecule has 1 unspecified atom stereocenters. The first-order valence-electron chi connectivity index (χ1n) is 7.06. The average Bonchev–Trinajstić information content (AvgIpc) is 2.40. The highest BCUT2D eigenvalue weighted by atomic mass is 35.5. The van der Waals surface area contributed by atoms with Gasteiger partial charge in [-0.3, -0.25) is 9.59 Å². The molecule has 1 rings (SSSR count). The first kappa shape index (κ1) is 17.5. The van der Waals surface area contributed by atoms with E-state index in [0.29, 0.717) is 17.3 Å². The van der Waals surface area contributed by atoms with Crippen molar-refractivity contribution in [1.29, 1.82) is 0 Å². The number of carbonyl (C=O) groups excluding carboxylic acids is 2. The van der Waals surface area contributed by atoms with Crippen LogP contribution in [0.4, 0.5) is 5.69 Å². The molecular formula is C15H23ClN3O2+. The van der Waals surface area contributed by atoms with Gasteiger partial charge in [-0.05, 0) is 31.0 Å². The maximum Gasteiger partial charge on any atom is 0.279 e. The van der Waals surface area contributed by atoms with Crippen LogP contribution in [-0.2, 0) is 9.59 Å². The van der Waals surface area contributed by atoms with Crippen LogP contribution in [0, 0.1) is 6.92 Å². The third kappa shape index (κ3) is 6.60. The zero-order valence-electron chi connectivity index (χ0n) is 12.8. The number of halogens is 1. The van der Waals surface area contributed by atoms with Gasteiger partial charge in [-0.25, -0.2) is 0 Å². The van der Waals surface area contributed by atoms with Crippen molar-refractivity contribution in [2.75, 3.05) is 32.0 Å². The number of amides is 2. The van der Waals surface area contributed by atoms with Crippen molar-refractivity contribution < 1.29 is 14.5 Å². The summed E-state index contributed by atoms with van der Waals surface area (Å²) in [6.45, 7) is 5.08. The van der Waals surface area contributed by atoms with Gasteiger partial charge in [0.05, 0.1) is 7.05 Å². The van der Waals surface area contributed by atoms with Crippen LogP contribution in [0.1, 0.15) is 18.9 Å². The van der Waals surface area contributed by atoms with Gasteiger partial charge in [-0.1, -0.05) is 24.6 Å². The van der Waals surface area contributed by atoms with E-state index < -0.39 is 0 Å². The second kappa shape index (κ2) is 8.64. The highest BCUT2D eigenvalue weighted by Crippen LogP contribution is 2.19. The summed E-state index contributed by atoms with van der Waals surface area (Å²) in [7, 11) is 1.82. The number of carbonyl (C=O) groups is 2. The van der Waals surface area contributed by atoms with Crippen LogP contribution in [-0.4, -0.2) is 38.5 Å². The summed E-state index contributed by atoms with van der Waals surface area (Å²) in [5, 5.41) is 6.20. The lowest BCUT2D eigenvalue weighted by atomic mass is 10.2. The Labute approximate surface area is 130 Å². The van der Waals surface area contributed by atoms with Crippen molar-refractivity contribution in [3.8, 4) is 0 Å². The quantitative estimate of drug-likeness (QED) is 0.691. The van der Waals surface area contributed by atoms with Crippen LogP contribution < -0.4 is 15.5 Å². The van der Waals surface area contributed by atoms with E-state index in [4.69, 9.17) is 11.6 Å². The van der Waals surface area contributed by atoms with Crippen LogP contribution in [0.2, 0.25) is 5.02 Å². The number of rotatable bonds is 7. The third-order valence-electron chi connectivity index (χ3n) is 2.97. The topological polar surface area (TPSA) is 62.6 Å². The normalized spacial score (nSPS) is 11.8. The van der Waals surface area contributed by atoms with Crippen LogP contribution in [0.15, 0.2) is 18.2 Å². The van der Waals surface area contributed by atoms with Crippen LogP contribution in [0.25, 0.3) is 0 Å². The summed E-state index contributed by atoms with van der Waals surface area (Å²) in [5.41, 5.74) is 1.65. The van der Waals surface area contributed by atoms with E-state index in [9.17, 15) is 9.59 Å². The molecule has 5 nitrogen and oxygen atoms in total. The first-order valence-corrected chi connectivity index (χ1v) is 7.44. The number of nitrogens with one attached hydrogen (secondary N) is 3. The lowest BCUT2D eigenvalue weighted by molar-refractivity contribution is -0.862. The first-order chi connectivity index (χ1) is 9.92.